The SMILES string of the molecule is CC(C)c1nnc(-c2ccc(C(C)(C)C)cc2)n1-c1cccc(O)c1. The van der Waals surface area contributed by atoms with Gasteiger partial charge in [0.05, 0.1) is 5.69 Å². The topological polar surface area (TPSA) is 50.9 Å². The van der Waals surface area contributed by atoms with Crippen LogP contribution in [0.3, 0.4) is 0 Å². The highest BCUT2D eigenvalue weighted by Crippen LogP contribution is 2.29. The summed E-state index contributed by atoms with van der Waals surface area (Å²) in [6, 6.07) is 15.7. The molecule has 3 aromatic rings. The lowest BCUT2D eigenvalue weighted by Crippen LogP contribution is -2.10. The third kappa shape index (κ3) is 3.43. The van der Waals surface area contributed by atoms with E-state index in [1.54, 1.807) is 12.1 Å². The van der Waals surface area contributed by atoms with E-state index >= 15 is 0 Å². The number of hydrogen-bond acceptors (Lipinski definition) is 3. The van der Waals surface area contributed by atoms with Gasteiger partial charge >= 0.3 is 0 Å². The van der Waals surface area contributed by atoms with E-state index in [-0.39, 0.29) is 17.1 Å². The summed E-state index contributed by atoms with van der Waals surface area (Å²) in [5.74, 6) is 2.11. The second-order valence-corrected chi connectivity index (χ2v) is 7.72. The molecule has 0 aliphatic heterocycles. The summed E-state index contributed by atoms with van der Waals surface area (Å²) in [6.07, 6.45) is 0. The van der Waals surface area contributed by atoms with Gasteiger partial charge in [-0.2, -0.15) is 0 Å². The van der Waals surface area contributed by atoms with E-state index in [1.165, 1.54) is 5.56 Å². The molecule has 130 valence electrons. The zero-order chi connectivity index (χ0) is 18.2. The molecule has 1 N–H and O–H groups in total. The largest absolute Gasteiger partial charge is 0.508 e. The molecule has 4 heteroatoms. The molecule has 0 unspecified atom stereocenters. The second kappa shape index (κ2) is 6.36. The first kappa shape index (κ1) is 17.2. The van der Waals surface area contributed by atoms with Crippen LogP contribution >= 0.6 is 0 Å². The van der Waals surface area contributed by atoms with Gasteiger partial charge in [-0.15, -0.1) is 10.2 Å². The minimum absolute atomic E-state index is 0.112. The van der Waals surface area contributed by atoms with Crippen LogP contribution in [0.15, 0.2) is 48.5 Å². The van der Waals surface area contributed by atoms with Gasteiger partial charge in [-0.05, 0) is 23.1 Å². The van der Waals surface area contributed by atoms with Crippen molar-refractivity contribution in [2.24, 2.45) is 0 Å². The average Bonchev–Trinajstić information content (AvgIpc) is 2.99. The molecule has 1 aromatic heterocycles. The highest BCUT2D eigenvalue weighted by Gasteiger charge is 2.19. The normalized spacial score (nSPS) is 11.9. The predicted octanol–water partition coefficient (Wildman–Crippen LogP) is 5.06. The first-order valence-corrected chi connectivity index (χ1v) is 8.63. The lowest BCUT2D eigenvalue weighted by atomic mass is 9.86. The van der Waals surface area contributed by atoms with E-state index in [4.69, 9.17) is 0 Å². The minimum atomic E-state index is 0.112. The Labute approximate surface area is 149 Å². The van der Waals surface area contributed by atoms with E-state index in [9.17, 15) is 5.11 Å². The summed E-state index contributed by atoms with van der Waals surface area (Å²) >= 11 is 0. The fraction of sp³-hybridized carbons (Fsp3) is 0.333. The third-order valence-electron chi connectivity index (χ3n) is 4.30. The quantitative estimate of drug-likeness (QED) is 0.728. The molecule has 0 atom stereocenters. The number of nitrogens with zero attached hydrogens (tertiary/aromatic N) is 3. The number of phenols is 1. The number of aromatic hydroxyl groups is 1. The maximum absolute atomic E-state index is 9.87. The molecule has 0 aliphatic carbocycles. The Kier molecular flexibility index (Phi) is 4.38. The number of hydrogen-bond donors (Lipinski definition) is 1. The first-order chi connectivity index (χ1) is 11.8. The smallest absolute Gasteiger partial charge is 0.168 e. The maximum Gasteiger partial charge on any atom is 0.168 e. The van der Waals surface area contributed by atoms with Crippen LogP contribution in [0.2, 0.25) is 0 Å². The molecule has 4 nitrogen and oxygen atoms in total. The lowest BCUT2D eigenvalue weighted by Gasteiger charge is -2.19. The summed E-state index contributed by atoms with van der Waals surface area (Å²) in [5, 5.41) is 18.7. The predicted molar refractivity (Wildman–Crippen MR) is 101 cm³/mol. The van der Waals surface area contributed by atoms with Gasteiger partial charge in [0.15, 0.2) is 5.82 Å². The van der Waals surface area contributed by atoms with E-state index in [1.807, 2.05) is 16.7 Å². The number of phenolic OH excluding ortho intramolecular Hbond substituents is 1. The fourth-order valence-corrected chi connectivity index (χ4v) is 2.86. The van der Waals surface area contributed by atoms with Crippen molar-refractivity contribution < 1.29 is 5.11 Å². The van der Waals surface area contributed by atoms with Crippen molar-refractivity contribution in [3.05, 3.63) is 59.9 Å². The van der Waals surface area contributed by atoms with Crippen LogP contribution in [0, 0.1) is 0 Å². The molecule has 0 amide bonds. The van der Waals surface area contributed by atoms with Crippen molar-refractivity contribution >= 4 is 0 Å². The van der Waals surface area contributed by atoms with Crippen molar-refractivity contribution in [3.8, 4) is 22.8 Å². The number of rotatable bonds is 3. The Morgan fingerprint density at radius 3 is 2.20 bits per heavy atom. The van der Waals surface area contributed by atoms with Gasteiger partial charge in [0, 0.05) is 17.5 Å². The first-order valence-electron chi connectivity index (χ1n) is 8.63. The van der Waals surface area contributed by atoms with Gasteiger partial charge < -0.3 is 5.11 Å². The Bertz CT molecular complexity index is 871. The molecule has 0 aliphatic rings. The highest BCUT2D eigenvalue weighted by atomic mass is 16.3. The van der Waals surface area contributed by atoms with Crippen LogP contribution < -0.4 is 0 Å². The molecule has 0 spiro atoms. The monoisotopic (exact) mass is 335 g/mol. The molecule has 3 rings (SSSR count). The van der Waals surface area contributed by atoms with Gasteiger partial charge in [0.2, 0.25) is 0 Å². The second-order valence-electron chi connectivity index (χ2n) is 7.72. The van der Waals surface area contributed by atoms with Gasteiger partial charge in [-0.25, -0.2) is 0 Å². The lowest BCUT2D eigenvalue weighted by molar-refractivity contribution is 0.475. The molecule has 0 bridgehead atoms. The van der Waals surface area contributed by atoms with E-state index < -0.39 is 0 Å². The van der Waals surface area contributed by atoms with Crippen LogP contribution in [0.4, 0.5) is 0 Å². The van der Waals surface area contributed by atoms with Gasteiger partial charge in [-0.1, -0.05) is 65.0 Å². The van der Waals surface area contributed by atoms with Crippen LogP contribution in [0.1, 0.15) is 51.9 Å². The molecule has 0 radical (unpaired) electrons. The average molecular weight is 335 g/mol. The zero-order valence-electron chi connectivity index (χ0n) is 15.5. The van der Waals surface area contributed by atoms with Gasteiger partial charge in [0.1, 0.15) is 11.6 Å². The maximum atomic E-state index is 9.87. The van der Waals surface area contributed by atoms with Crippen LogP contribution in [-0.4, -0.2) is 19.9 Å². The molecule has 0 saturated heterocycles. The van der Waals surface area contributed by atoms with E-state index in [2.05, 4.69) is 69.1 Å². The minimum Gasteiger partial charge on any atom is -0.508 e. The van der Waals surface area contributed by atoms with Crippen molar-refractivity contribution in [2.75, 3.05) is 0 Å². The highest BCUT2D eigenvalue weighted by molar-refractivity contribution is 5.60. The van der Waals surface area contributed by atoms with E-state index in [0.717, 1.165) is 22.9 Å². The van der Waals surface area contributed by atoms with Crippen molar-refractivity contribution in [1.82, 2.24) is 14.8 Å². The van der Waals surface area contributed by atoms with Crippen LogP contribution in [0.25, 0.3) is 17.1 Å². The molecule has 25 heavy (non-hydrogen) atoms. The van der Waals surface area contributed by atoms with Crippen LogP contribution in [0.5, 0.6) is 5.75 Å². The molecule has 2 aromatic carbocycles. The third-order valence-corrected chi connectivity index (χ3v) is 4.30. The van der Waals surface area contributed by atoms with Crippen LogP contribution in [-0.2, 0) is 5.41 Å². The van der Waals surface area contributed by atoms with E-state index in [0.29, 0.717) is 0 Å². The van der Waals surface area contributed by atoms with Crippen molar-refractivity contribution in [1.29, 1.82) is 0 Å². The Morgan fingerprint density at radius 1 is 0.960 bits per heavy atom. The Morgan fingerprint density at radius 2 is 1.64 bits per heavy atom. The summed E-state index contributed by atoms with van der Waals surface area (Å²) in [5.41, 5.74) is 3.27. The fourth-order valence-electron chi connectivity index (χ4n) is 2.86. The zero-order valence-corrected chi connectivity index (χ0v) is 15.5. The van der Waals surface area contributed by atoms with Gasteiger partial charge in [0.25, 0.3) is 0 Å². The van der Waals surface area contributed by atoms with Crippen molar-refractivity contribution in [2.45, 2.75) is 46.0 Å². The molecule has 1 heterocycles. The van der Waals surface area contributed by atoms with Gasteiger partial charge in [-0.3, -0.25) is 4.57 Å². The summed E-state index contributed by atoms with van der Waals surface area (Å²) in [4.78, 5) is 0. The Balaban J connectivity index is 2.14. The number of benzene rings is 2. The molecular weight excluding hydrogens is 310 g/mol. The van der Waals surface area contributed by atoms with Crippen molar-refractivity contribution in [3.63, 3.8) is 0 Å². The molecule has 0 saturated carbocycles. The summed E-state index contributed by atoms with van der Waals surface area (Å²) < 4.78 is 2.02. The molecular formula is C21H25N3O. The standard InChI is InChI=1S/C21H25N3O/c1-14(2)19-22-23-20(24(19)17-7-6-8-18(25)13-17)15-9-11-16(12-10-15)21(3,4)5/h6-14,25H,1-5H3. The molecule has 0 fully saturated rings. The summed E-state index contributed by atoms with van der Waals surface area (Å²) in [7, 11) is 0. The summed E-state index contributed by atoms with van der Waals surface area (Å²) in [6.45, 7) is 10.8. The number of aromatic nitrogens is 3. The Hall–Kier alpha value is -2.62.